The summed E-state index contributed by atoms with van der Waals surface area (Å²) in [5.41, 5.74) is 4.07. The van der Waals surface area contributed by atoms with Gasteiger partial charge in [0, 0.05) is 10.6 Å². The molecule has 9 heteroatoms. The smallest absolute Gasteiger partial charge is 0.310 e. The lowest BCUT2D eigenvalue weighted by molar-refractivity contribution is 0.354. The van der Waals surface area contributed by atoms with Crippen LogP contribution in [0, 0.1) is 0 Å². The van der Waals surface area contributed by atoms with Crippen LogP contribution in [0.3, 0.4) is 0 Å². The zero-order valence-corrected chi connectivity index (χ0v) is 21.0. The number of ether oxygens (including phenoxy) is 2. The van der Waals surface area contributed by atoms with Gasteiger partial charge in [-0.3, -0.25) is 0 Å². The summed E-state index contributed by atoms with van der Waals surface area (Å²) in [6.45, 7) is 0. The lowest BCUT2D eigenvalue weighted by atomic mass is 10.0. The molecule has 0 amide bonds. The van der Waals surface area contributed by atoms with Crippen molar-refractivity contribution in [3.63, 3.8) is 0 Å². The first-order chi connectivity index (χ1) is 16.9. The van der Waals surface area contributed by atoms with Crippen molar-refractivity contribution >= 4 is 22.0 Å². The highest BCUT2D eigenvalue weighted by Gasteiger charge is 2.65. The van der Waals surface area contributed by atoms with Gasteiger partial charge in [-0.25, -0.2) is 0 Å². The number of methoxy groups -OCH3 is 2. The Labute approximate surface area is 210 Å². The molecular formula is C27H23F5O2S2. The minimum atomic E-state index is -9.67. The van der Waals surface area contributed by atoms with Gasteiger partial charge in [-0.1, -0.05) is 74.0 Å². The minimum Gasteiger partial charge on any atom is -0.493 e. The van der Waals surface area contributed by atoms with Crippen LogP contribution in [-0.2, 0) is 5.75 Å². The number of benzene rings is 4. The quantitative estimate of drug-likeness (QED) is 0.164. The van der Waals surface area contributed by atoms with Gasteiger partial charge in [-0.15, -0.1) is 11.8 Å². The molecule has 190 valence electrons. The normalized spacial score (nSPS) is 13.5. The predicted molar refractivity (Wildman–Crippen MR) is 138 cm³/mol. The third kappa shape index (κ3) is 6.14. The van der Waals surface area contributed by atoms with Gasteiger partial charge in [0.1, 0.15) is 4.90 Å². The van der Waals surface area contributed by atoms with Crippen LogP contribution in [0.25, 0.3) is 22.3 Å². The Kier molecular flexibility index (Phi) is 6.51. The zero-order chi connectivity index (χ0) is 26.0. The SMILES string of the molecule is COc1ccc(CSc2ccc(-c3ccc(-c4ccc(S(F)(F)(F)(F)F)cc4)cc3)cc2)cc1OC. The summed E-state index contributed by atoms with van der Waals surface area (Å²) in [5.74, 6) is 2.13. The Bertz CT molecular complexity index is 1350. The molecule has 0 aliphatic carbocycles. The summed E-state index contributed by atoms with van der Waals surface area (Å²) >= 11 is 1.68. The van der Waals surface area contributed by atoms with Gasteiger partial charge in [0.25, 0.3) is 0 Å². The van der Waals surface area contributed by atoms with Gasteiger partial charge in [-0.05, 0) is 64.2 Å². The zero-order valence-electron chi connectivity index (χ0n) is 19.4. The molecule has 0 fully saturated rings. The summed E-state index contributed by atoms with van der Waals surface area (Å²) in [5, 5.41) is 0. The van der Waals surface area contributed by atoms with Crippen molar-refractivity contribution in [2.24, 2.45) is 0 Å². The molecule has 2 nitrogen and oxygen atoms in total. The van der Waals surface area contributed by atoms with Crippen LogP contribution in [0.4, 0.5) is 19.4 Å². The van der Waals surface area contributed by atoms with Gasteiger partial charge in [0.2, 0.25) is 0 Å². The first-order valence-electron chi connectivity index (χ1n) is 10.7. The Morgan fingerprint density at radius 1 is 0.583 bits per heavy atom. The van der Waals surface area contributed by atoms with Crippen LogP contribution in [-0.4, -0.2) is 14.2 Å². The molecule has 0 atom stereocenters. The van der Waals surface area contributed by atoms with Gasteiger partial charge in [-0.2, -0.15) is 0 Å². The third-order valence-electron chi connectivity index (χ3n) is 5.56. The van der Waals surface area contributed by atoms with Crippen LogP contribution in [0.1, 0.15) is 5.56 Å². The van der Waals surface area contributed by atoms with Gasteiger partial charge >= 0.3 is 10.2 Å². The first kappa shape index (κ1) is 25.9. The fourth-order valence-corrected chi connectivity index (χ4v) is 5.13. The van der Waals surface area contributed by atoms with E-state index in [-0.39, 0.29) is 0 Å². The number of rotatable bonds is 8. The molecule has 0 aromatic heterocycles. The summed E-state index contributed by atoms with van der Waals surface area (Å²) in [6.07, 6.45) is 0. The largest absolute Gasteiger partial charge is 0.493 e. The Hall–Kier alpha value is -3.17. The highest BCUT2D eigenvalue weighted by Crippen LogP contribution is 3.02. The Morgan fingerprint density at radius 2 is 1.03 bits per heavy atom. The van der Waals surface area contributed by atoms with Gasteiger partial charge in [0.15, 0.2) is 11.5 Å². The summed E-state index contributed by atoms with van der Waals surface area (Å²) in [4.78, 5) is -0.798. The van der Waals surface area contributed by atoms with E-state index in [4.69, 9.17) is 9.47 Å². The molecule has 0 aliphatic heterocycles. The molecule has 4 aromatic rings. The second-order valence-corrected chi connectivity index (χ2v) is 11.5. The second kappa shape index (κ2) is 9.05. The summed E-state index contributed by atoms with van der Waals surface area (Å²) in [7, 11) is -6.47. The van der Waals surface area contributed by atoms with Gasteiger partial charge < -0.3 is 9.47 Å². The fraction of sp³-hybridized carbons (Fsp3) is 0.111. The molecule has 0 bridgehead atoms. The minimum absolute atomic E-state index is 0.425. The fourth-order valence-electron chi connectivity index (χ4n) is 3.64. The van der Waals surface area contributed by atoms with Crippen molar-refractivity contribution in [2.45, 2.75) is 15.5 Å². The highest BCUT2D eigenvalue weighted by molar-refractivity contribution is 8.45. The van der Waals surface area contributed by atoms with Crippen molar-refractivity contribution < 1.29 is 28.9 Å². The lowest BCUT2D eigenvalue weighted by Crippen LogP contribution is -2.05. The average Bonchev–Trinajstić information content (AvgIpc) is 2.86. The van der Waals surface area contributed by atoms with Crippen LogP contribution < -0.4 is 9.47 Å². The molecule has 0 spiro atoms. The van der Waals surface area contributed by atoms with Gasteiger partial charge in [0.05, 0.1) is 14.2 Å². The van der Waals surface area contributed by atoms with E-state index in [0.717, 1.165) is 39.5 Å². The van der Waals surface area contributed by atoms with Crippen LogP contribution >= 0.6 is 22.0 Å². The molecule has 0 saturated carbocycles. The van der Waals surface area contributed by atoms with Crippen molar-refractivity contribution in [3.05, 3.63) is 96.6 Å². The molecule has 0 aliphatic rings. The monoisotopic (exact) mass is 538 g/mol. The molecule has 4 rings (SSSR count). The van der Waals surface area contributed by atoms with Crippen molar-refractivity contribution in [3.8, 4) is 33.8 Å². The Balaban J connectivity index is 1.43. The van der Waals surface area contributed by atoms with E-state index >= 15 is 0 Å². The maximum atomic E-state index is 12.9. The molecule has 0 saturated heterocycles. The molecule has 0 N–H and O–H groups in total. The maximum Gasteiger partial charge on any atom is 0.310 e. The number of hydrogen-bond acceptors (Lipinski definition) is 3. The molecule has 0 unspecified atom stereocenters. The van der Waals surface area contributed by atoms with E-state index in [9.17, 15) is 19.4 Å². The van der Waals surface area contributed by atoms with E-state index < -0.39 is 15.1 Å². The van der Waals surface area contributed by atoms with E-state index in [1.807, 2.05) is 54.6 Å². The summed E-state index contributed by atoms with van der Waals surface area (Å²) < 4.78 is 75.3. The van der Waals surface area contributed by atoms with Crippen molar-refractivity contribution in [1.29, 1.82) is 0 Å². The van der Waals surface area contributed by atoms with E-state index in [0.29, 0.717) is 34.8 Å². The predicted octanol–water partition coefficient (Wildman–Crippen LogP) is 9.99. The molecular weight excluding hydrogens is 515 g/mol. The van der Waals surface area contributed by atoms with Crippen molar-refractivity contribution in [2.75, 3.05) is 14.2 Å². The van der Waals surface area contributed by atoms with Crippen molar-refractivity contribution in [1.82, 2.24) is 0 Å². The number of thioether (sulfide) groups is 1. The molecule has 36 heavy (non-hydrogen) atoms. The molecule has 4 aromatic carbocycles. The first-order valence-corrected chi connectivity index (χ1v) is 13.7. The lowest BCUT2D eigenvalue weighted by Gasteiger charge is -2.40. The topological polar surface area (TPSA) is 18.5 Å². The van der Waals surface area contributed by atoms with E-state index in [2.05, 4.69) is 0 Å². The van der Waals surface area contributed by atoms with E-state index in [1.165, 1.54) is 0 Å². The Morgan fingerprint density at radius 3 is 1.47 bits per heavy atom. The van der Waals surface area contributed by atoms with Crippen LogP contribution in [0.15, 0.2) is 101 Å². The summed E-state index contributed by atoms with van der Waals surface area (Å²) in [6, 6.07) is 24.0. The van der Waals surface area contributed by atoms with Crippen LogP contribution in [0.2, 0.25) is 0 Å². The average molecular weight is 539 g/mol. The van der Waals surface area contributed by atoms with Crippen LogP contribution in [0.5, 0.6) is 11.5 Å². The van der Waals surface area contributed by atoms with E-state index in [1.54, 1.807) is 38.1 Å². The second-order valence-electron chi connectivity index (χ2n) is 8.07. The highest BCUT2D eigenvalue weighted by atomic mass is 32.5. The third-order valence-corrected chi connectivity index (χ3v) is 7.81. The maximum absolute atomic E-state index is 12.9. The standard InChI is InChI=1S/C27H23F5O2S2/c1-33-26-16-3-19(17-27(26)34-2)18-35-24-12-8-22(9-13-24)20-4-6-21(7-5-20)23-10-14-25(15-11-23)36(28,29,30,31)32/h3-17H,18H2,1-2H3. The number of halogens is 5. The molecule has 0 heterocycles. The molecule has 0 radical (unpaired) electrons. The number of hydrogen-bond donors (Lipinski definition) is 0.